The van der Waals surface area contributed by atoms with Gasteiger partial charge >= 0.3 is 0 Å². The predicted molar refractivity (Wildman–Crippen MR) is 76.5 cm³/mol. The number of anilines is 1. The fraction of sp³-hybridized carbons (Fsp3) is 0.400. The molecule has 0 bridgehead atoms. The molecule has 0 amide bonds. The van der Waals surface area contributed by atoms with Crippen molar-refractivity contribution in [2.24, 2.45) is 7.05 Å². The molecule has 19 heavy (non-hydrogen) atoms. The van der Waals surface area contributed by atoms with Crippen molar-refractivity contribution in [2.75, 3.05) is 25.5 Å². The predicted octanol–water partition coefficient (Wildman–Crippen LogP) is 1.74. The molecular formula is C15H19N4. The Morgan fingerprint density at radius 3 is 2.79 bits per heavy atom. The molecule has 1 radical (unpaired) electrons. The second-order valence-corrected chi connectivity index (χ2v) is 5.23. The fourth-order valence-corrected chi connectivity index (χ4v) is 2.74. The van der Waals surface area contributed by atoms with E-state index in [9.17, 15) is 0 Å². The Hall–Kier alpha value is -1.81. The number of nitrogens with zero attached hydrogens (tertiary/aromatic N) is 4. The lowest BCUT2D eigenvalue weighted by Crippen LogP contribution is -2.26. The highest BCUT2D eigenvalue weighted by Gasteiger charge is 2.26. The van der Waals surface area contributed by atoms with Gasteiger partial charge < -0.3 is 4.90 Å². The summed E-state index contributed by atoms with van der Waals surface area (Å²) in [5.41, 5.74) is 3.93. The fourth-order valence-electron chi connectivity index (χ4n) is 2.74. The van der Waals surface area contributed by atoms with Crippen molar-refractivity contribution >= 4 is 5.82 Å². The summed E-state index contributed by atoms with van der Waals surface area (Å²) in [4.78, 5) is 2.06. The molecule has 0 saturated heterocycles. The van der Waals surface area contributed by atoms with Gasteiger partial charge in [0.05, 0.1) is 6.04 Å². The van der Waals surface area contributed by atoms with E-state index in [0.29, 0.717) is 0 Å². The van der Waals surface area contributed by atoms with Gasteiger partial charge in [-0.2, -0.15) is 5.10 Å². The number of aryl methyl sites for hydroxylation is 1. The Balaban J connectivity index is 2.09. The van der Waals surface area contributed by atoms with Crippen molar-refractivity contribution in [3.63, 3.8) is 0 Å². The van der Waals surface area contributed by atoms with Gasteiger partial charge in [-0.15, -0.1) is 0 Å². The van der Waals surface area contributed by atoms with E-state index in [0.717, 1.165) is 18.8 Å². The molecule has 0 spiro atoms. The summed E-state index contributed by atoms with van der Waals surface area (Å²) in [6.07, 6.45) is 3.13. The molecule has 0 N–H and O–H groups in total. The third kappa shape index (κ3) is 2.12. The SMILES string of the molecule is CN(C)c1nn(C)cc1C1[N]CCc2ccccc21. The van der Waals surface area contributed by atoms with Crippen molar-refractivity contribution in [3.8, 4) is 0 Å². The molecule has 1 aromatic carbocycles. The minimum absolute atomic E-state index is 0.121. The first-order chi connectivity index (χ1) is 9.16. The highest BCUT2D eigenvalue weighted by atomic mass is 15.3. The molecule has 0 aliphatic carbocycles. The van der Waals surface area contributed by atoms with Crippen molar-refractivity contribution in [1.82, 2.24) is 15.1 Å². The summed E-state index contributed by atoms with van der Waals surface area (Å²) >= 11 is 0. The minimum Gasteiger partial charge on any atom is -0.361 e. The highest BCUT2D eigenvalue weighted by molar-refractivity contribution is 5.51. The quantitative estimate of drug-likeness (QED) is 0.819. The maximum Gasteiger partial charge on any atom is 0.155 e. The van der Waals surface area contributed by atoms with Crippen LogP contribution < -0.4 is 10.2 Å². The van der Waals surface area contributed by atoms with Crippen molar-refractivity contribution in [2.45, 2.75) is 12.5 Å². The van der Waals surface area contributed by atoms with Crippen LogP contribution in [0.15, 0.2) is 30.5 Å². The summed E-state index contributed by atoms with van der Waals surface area (Å²) in [6, 6.07) is 8.73. The molecule has 1 aliphatic rings. The number of fused-ring (bicyclic) bond motifs is 1. The Kier molecular flexibility index (Phi) is 3.03. The molecule has 0 fully saturated rings. The number of hydrogen-bond donors (Lipinski definition) is 0. The highest BCUT2D eigenvalue weighted by Crippen LogP contribution is 2.33. The molecule has 4 nitrogen and oxygen atoms in total. The van der Waals surface area contributed by atoms with Crippen LogP contribution in [0.2, 0.25) is 0 Å². The average Bonchev–Trinajstić information content (AvgIpc) is 2.80. The van der Waals surface area contributed by atoms with Gasteiger partial charge in [-0.1, -0.05) is 24.3 Å². The van der Waals surface area contributed by atoms with E-state index in [1.807, 2.05) is 25.8 Å². The monoisotopic (exact) mass is 255 g/mol. The van der Waals surface area contributed by atoms with Crippen LogP contribution in [0.1, 0.15) is 22.7 Å². The largest absolute Gasteiger partial charge is 0.361 e. The first-order valence-electron chi connectivity index (χ1n) is 6.62. The Bertz CT molecular complexity index is 586. The normalized spacial score (nSPS) is 18.2. The Morgan fingerprint density at radius 2 is 2.00 bits per heavy atom. The second-order valence-electron chi connectivity index (χ2n) is 5.23. The van der Waals surface area contributed by atoms with E-state index < -0.39 is 0 Å². The summed E-state index contributed by atoms with van der Waals surface area (Å²) < 4.78 is 1.87. The first-order valence-corrected chi connectivity index (χ1v) is 6.62. The zero-order valence-electron chi connectivity index (χ0n) is 11.7. The van der Waals surface area contributed by atoms with Gasteiger partial charge in [0.15, 0.2) is 5.82 Å². The third-order valence-electron chi connectivity index (χ3n) is 3.60. The number of hydrogen-bond acceptors (Lipinski definition) is 2. The van der Waals surface area contributed by atoms with Gasteiger partial charge in [0.25, 0.3) is 0 Å². The van der Waals surface area contributed by atoms with Gasteiger partial charge in [-0.05, 0) is 17.5 Å². The zero-order chi connectivity index (χ0) is 13.4. The Labute approximate surface area is 114 Å². The summed E-state index contributed by atoms with van der Waals surface area (Å²) in [5, 5.41) is 9.36. The van der Waals surface area contributed by atoms with Gasteiger partial charge in [0, 0.05) is 39.4 Å². The van der Waals surface area contributed by atoms with Crippen LogP contribution >= 0.6 is 0 Å². The van der Waals surface area contributed by atoms with Crippen LogP contribution in [0.25, 0.3) is 0 Å². The summed E-state index contributed by atoms with van der Waals surface area (Å²) in [5.74, 6) is 1.01. The maximum atomic E-state index is 4.82. The van der Waals surface area contributed by atoms with Gasteiger partial charge in [-0.3, -0.25) is 4.68 Å². The number of rotatable bonds is 2. The number of benzene rings is 1. The minimum atomic E-state index is 0.121. The van der Waals surface area contributed by atoms with Crippen molar-refractivity contribution in [3.05, 3.63) is 47.2 Å². The molecule has 1 aliphatic heterocycles. The molecular weight excluding hydrogens is 236 g/mol. The first kappa shape index (κ1) is 12.2. The standard InChI is InChI=1S/C15H19N4/c1-18(2)15-13(10-19(3)17-15)14-12-7-5-4-6-11(12)8-9-16-14/h4-7,10,14H,8-9H2,1-3H3. The molecule has 0 saturated carbocycles. The van der Waals surface area contributed by atoms with E-state index in [4.69, 9.17) is 5.32 Å². The average molecular weight is 255 g/mol. The maximum absolute atomic E-state index is 4.82. The van der Waals surface area contributed by atoms with Gasteiger partial charge in [0.1, 0.15) is 0 Å². The molecule has 4 heteroatoms. The Morgan fingerprint density at radius 1 is 1.21 bits per heavy atom. The van der Waals surface area contributed by atoms with Crippen LogP contribution in [-0.4, -0.2) is 30.4 Å². The molecule has 2 aromatic rings. The molecule has 3 rings (SSSR count). The van der Waals surface area contributed by atoms with E-state index in [2.05, 4.69) is 40.5 Å². The molecule has 1 unspecified atom stereocenters. The van der Waals surface area contributed by atoms with Crippen LogP contribution in [0.5, 0.6) is 0 Å². The van der Waals surface area contributed by atoms with Crippen LogP contribution in [0.4, 0.5) is 5.82 Å². The van der Waals surface area contributed by atoms with E-state index in [1.165, 1.54) is 16.7 Å². The molecule has 1 atom stereocenters. The lowest BCUT2D eigenvalue weighted by molar-refractivity contribution is 0.555. The van der Waals surface area contributed by atoms with Crippen LogP contribution in [0.3, 0.4) is 0 Å². The molecule has 1 aromatic heterocycles. The lowest BCUT2D eigenvalue weighted by Gasteiger charge is -2.26. The third-order valence-corrected chi connectivity index (χ3v) is 3.60. The summed E-state index contributed by atoms with van der Waals surface area (Å²) in [6.45, 7) is 0.892. The van der Waals surface area contributed by atoms with Crippen LogP contribution in [-0.2, 0) is 13.5 Å². The van der Waals surface area contributed by atoms with E-state index in [-0.39, 0.29) is 6.04 Å². The molecule has 2 heterocycles. The van der Waals surface area contributed by atoms with Crippen LogP contribution in [0, 0.1) is 0 Å². The van der Waals surface area contributed by atoms with Crippen molar-refractivity contribution in [1.29, 1.82) is 0 Å². The van der Waals surface area contributed by atoms with Gasteiger partial charge in [0.2, 0.25) is 0 Å². The second kappa shape index (κ2) is 4.70. The van der Waals surface area contributed by atoms with E-state index in [1.54, 1.807) is 0 Å². The smallest absolute Gasteiger partial charge is 0.155 e. The van der Waals surface area contributed by atoms with Gasteiger partial charge in [-0.25, -0.2) is 5.32 Å². The molecule has 99 valence electrons. The number of aromatic nitrogens is 2. The van der Waals surface area contributed by atoms with Crippen molar-refractivity contribution < 1.29 is 0 Å². The lowest BCUT2D eigenvalue weighted by atomic mass is 9.91. The zero-order valence-corrected chi connectivity index (χ0v) is 11.7. The summed E-state index contributed by atoms with van der Waals surface area (Å²) in [7, 11) is 6.02. The topological polar surface area (TPSA) is 35.2 Å². The van der Waals surface area contributed by atoms with E-state index >= 15 is 0 Å².